The van der Waals surface area contributed by atoms with Gasteiger partial charge >= 0.3 is 0 Å². The number of thiazole rings is 1. The number of aryl methyl sites for hydroxylation is 2. The largest absolute Gasteiger partial charge is 0.279 e. The smallest absolute Gasteiger partial charge is 0.262 e. The molecule has 0 saturated heterocycles. The summed E-state index contributed by atoms with van der Waals surface area (Å²) in [5, 5.41) is 2.34. The number of hydrogen-bond donors (Lipinski definition) is 1. The van der Waals surface area contributed by atoms with Crippen LogP contribution in [-0.2, 0) is 10.0 Å². The lowest BCUT2D eigenvalue weighted by Crippen LogP contribution is -2.15. The first-order valence-corrected chi connectivity index (χ1v) is 11.6. The zero-order valence-electron chi connectivity index (χ0n) is 16.4. The predicted molar refractivity (Wildman–Crippen MR) is 120 cm³/mol. The fraction of sp³-hybridized carbons (Fsp3) is 0.0870. The Morgan fingerprint density at radius 1 is 0.933 bits per heavy atom. The summed E-state index contributed by atoms with van der Waals surface area (Å²) >= 11 is 1.31. The van der Waals surface area contributed by atoms with Crippen molar-refractivity contribution in [1.29, 1.82) is 0 Å². The SMILES string of the molecule is Cc1ccc(C)c(S(=O)(=O)Nc2ccccc2-c2csc(-c3ccccc3F)n2)c1. The van der Waals surface area contributed by atoms with E-state index < -0.39 is 10.0 Å². The van der Waals surface area contributed by atoms with Crippen LogP contribution in [0.3, 0.4) is 0 Å². The molecule has 30 heavy (non-hydrogen) atoms. The lowest BCUT2D eigenvalue weighted by atomic mass is 10.1. The van der Waals surface area contributed by atoms with Crippen LogP contribution in [0.25, 0.3) is 21.8 Å². The summed E-state index contributed by atoms with van der Waals surface area (Å²) in [6.45, 7) is 3.62. The van der Waals surface area contributed by atoms with Crippen molar-refractivity contribution in [2.24, 2.45) is 0 Å². The van der Waals surface area contributed by atoms with E-state index in [1.165, 1.54) is 17.4 Å². The van der Waals surface area contributed by atoms with Crippen LogP contribution < -0.4 is 4.72 Å². The van der Waals surface area contributed by atoms with Crippen molar-refractivity contribution in [3.8, 4) is 21.8 Å². The molecule has 7 heteroatoms. The second-order valence-electron chi connectivity index (χ2n) is 6.94. The molecular formula is C23H19FN2O2S2. The molecule has 4 nitrogen and oxygen atoms in total. The molecule has 0 saturated carbocycles. The lowest BCUT2D eigenvalue weighted by molar-refractivity contribution is 0.600. The van der Waals surface area contributed by atoms with Crippen molar-refractivity contribution in [1.82, 2.24) is 4.98 Å². The molecule has 1 N–H and O–H groups in total. The van der Waals surface area contributed by atoms with Crippen LogP contribution in [0, 0.1) is 19.7 Å². The molecule has 0 aliphatic rings. The van der Waals surface area contributed by atoms with E-state index in [-0.39, 0.29) is 10.7 Å². The van der Waals surface area contributed by atoms with Crippen LogP contribution >= 0.6 is 11.3 Å². The summed E-state index contributed by atoms with van der Waals surface area (Å²) in [7, 11) is -3.78. The van der Waals surface area contributed by atoms with Crippen LogP contribution in [0.4, 0.5) is 10.1 Å². The highest BCUT2D eigenvalue weighted by Gasteiger charge is 2.20. The minimum Gasteiger partial charge on any atom is -0.279 e. The average molecular weight is 439 g/mol. The van der Waals surface area contributed by atoms with E-state index in [2.05, 4.69) is 9.71 Å². The van der Waals surface area contributed by atoms with Gasteiger partial charge in [0.2, 0.25) is 0 Å². The molecule has 152 valence electrons. The Labute approximate surface area is 179 Å². The maximum Gasteiger partial charge on any atom is 0.262 e. The first-order chi connectivity index (χ1) is 14.3. The number of anilines is 1. The van der Waals surface area contributed by atoms with Gasteiger partial charge < -0.3 is 0 Å². The van der Waals surface area contributed by atoms with E-state index in [0.717, 1.165) is 5.56 Å². The molecule has 0 bridgehead atoms. The van der Waals surface area contributed by atoms with Crippen molar-refractivity contribution in [2.45, 2.75) is 18.7 Å². The fourth-order valence-electron chi connectivity index (χ4n) is 3.15. The van der Waals surface area contributed by atoms with E-state index in [9.17, 15) is 12.8 Å². The first-order valence-electron chi connectivity index (χ1n) is 9.25. The van der Waals surface area contributed by atoms with Crippen LogP contribution in [0.2, 0.25) is 0 Å². The van der Waals surface area contributed by atoms with Gasteiger partial charge in [-0.2, -0.15) is 0 Å². The Morgan fingerprint density at radius 3 is 2.40 bits per heavy atom. The third-order valence-corrected chi connectivity index (χ3v) is 7.07. The van der Waals surface area contributed by atoms with Crippen LogP contribution in [-0.4, -0.2) is 13.4 Å². The van der Waals surface area contributed by atoms with Gasteiger partial charge in [-0.15, -0.1) is 11.3 Å². The quantitative estimate of drug-likeness (QED) is 0.414. The highest BCUT2D eigenvalue weighted by molar-refractivity contribution is 7.92. The number of halogens is 1. The zero-order chi connectivity index (χ0) is 21.3. The summed E-state index contributed by atoms with van der Waals surface area (Å²) in [6.07, 6.45) is 0. The van der Waals surface area contributed by atoms with Crippen LogP contribution in [0.5, 0.6) is 0 Å². The minimum absolute atomic E-state index is 0.239. The van der Waals surface area contributed by atoms with Gasteiger partial charge in [-0.1, -0.05) is 42.5 Å². The molecule has 1 aromatic heterocycles. The maximum absolute atomic E-state index is 14.1. The number of hydrogen-bond acceptors (Lipinski definition) is 4. The van der Waals surface area contributed by atoms with E-state index in [4.69, 9.17) is 0 Å². The van der Waals surface area contributed by atoms with Crippen molar-refractivity contribution in [2.75, 3.05) is 4.72 Å². The molecule has 4 aromatic rings. The Kier molecular flexibility index (Phi) is 5.40. The molecule has 0 atom stereocenters. The number of sulfonamides is 1. The third kappa shape index (κ3) is 3.99. The number of para-hydroxylation sites is 1. The number of rotatable bonds is 5. The first kappa shape index (κ1) is 20.3. The highest BCUT2D eigenvalue weighted by Crippen LogP contribution is 2.34. The van der Waals surface area contributed by atoms with Gasteiger partial charge in [0.25, 0.3) is 10.0 Å². The van der Waals surface area contributed by atoms with Gasteiger partial charge in [-0.05, 0) is 49.2 Å². The van der Waals surface area contributed by atoms with Crippen LogP contribution in [0.1, 0.15) is 11.1 Å². The Balaban J connectivity index is 1.72. The molecule has 4 rings (SSSR count). The molecular weight excluding hydrogens is 419 g/mol. The number of nitrogens with one attached hydrogen (secondary N) is 1. The second-order valence-corrected chi connectivity index (χ2v) is 9.45. The monoisotopic (exact) mass is 438 g/mol. The zero-order valence-corrected chi connectivity index (χ0v) is 18.0. The molecule has 0 amide bonds. The molecule has 1 heterocycles. The standard InChI is InChI=1S/C23H19FN2O2S2/c1-15-11-12-16(2)22(13-15)30(27,28)26-20-10-6-4-8-18(20)21-14-29-23(25-21)17-7-3-5-9-19(17)24/h3-14,26H,1-2H3. The average Bonchev–Trinajstić information content (AvgIpc) is 3.20. The van der Waals surface area contributed by atoms with E-state index in [1.54, 1.807) is 60.8 Å². The predicted octanol–water partition coefficient (Wildman–Crippen LogP) is 6.03. The lowest BCUT2D eigenvalue weighted by Gasteiger charge is -2.13. The van der Waals surface area contributed by atoms with E-state index in [0.29, 0.717) is 33.1 Å². The molecule has 0 unspecified atom stereocenters. The third-order valence-electron chi connectivity index (χ3n) is 4.69. The molecule has 0 fully saturated rings. The van der Waals surface area contributed by atoms with Gasteiger partial charge in [0, 0.05) is 16.5 Å². The summed E-state index contributed by atoms with van der Waals surface area (Å²) < 4.78 is 42.9. The topological polar surface area (TPSA) is 59.1 Å². The molecule has 0 spiro atoms. The summed E-state index contributed by atoms with van der Waals surface area (Å²) in [6, 6.07) is 18.8. The molecule has 0 radical (unpaired) electrons. The Hall–Kier alpha value is -3.03. The summed E-state index contributed by atoms with van der Waals surface area (Å²) in [5.74, 6) is -0.345. The highest BCUT2D eigenvalue weighted by atomic mass is 32.2. The van der Waals surface area contributed by atoms with Gasteiger partial charge in [0.1, 0.15) is 10.8 Å². The summed E-state index contributed by atoms with van der Waals surface area (Å²) in [5.41, 5.74) is 3.58. The number of aromatic nitrogens is 1. The molecule has 0 aliphatic heterocycles. The van der Waals surface area contributed by atoms with Gasteiger partial charge in [0.05, 0.1) is 16.3 Å². The summed E-state index contributed by atoms with van der Waals surface area (Å²) in [4.78, 5) is 4.79. The fourth-order valence-corrected chi connectivity index (χ4v) is 5.40. The van der Waals surface area contributed by atoms with Crippen molar-refractivity contribution >= 4 is 27.0 Å². The molecule has 0 aliphatic carbocycles. The van der Waals surface area contributed by atoms with Gasteiger partial charge in [0.15, 0.2) is 0 Å². The van der Waals surface area contributed by atoms with Gasteiger partial charge in [-0.25, -0.2) is 17.8 Å². The Bertz CT molecular complexity index is 1330. The number of nitrogens with zero attached hydrogens (tertiary/aromatic N) is 1. The molecule has 3 aromatic carbocycles. The normalized spacial score (nSPS) is 11.4. The van der Waals surface area contributed by atoms with E-state index in [1.807, 2.05) is 19.1 Å². The van der Waals surface area contributed by atoms with Crippen molar-refractivity contribution in [3.05, 3.63) is 89.1 Å². The van der Waals surface area contributed by atoms with Crippen LogP contribution in [0.15, 0.2) is 77.0 Å². The van der Waals surface area contributed by atoms with Crippen molar-refractivity contribution < 1.29 is 12.8 Å². The minimum atomic E-state index is -3.78. The Morgan fingerprint density at radius 2 is 1.63 bits per heavy atom. The second kappa shape index (κ2) is 8.01. The van der Waals surface area contributed by atoms with E-state index >= 15 is 0 Å². The van der Waals surface area contributed by atoms with Crippen molar-refractivity contribution in [3.63, 3.8) is 0 Å². The maximum atomic E-state index is 14.1. The van der Waals surface area contributed by atoms with Gasteiger partial charge in [-0.3, -0.25) is 4.72 Å². The number of benzene rings is 3.